The van der Waals surface area contributed by atoms with Gasteiger partial charge in [0.15, 0.2) is 0 Å². The third-order valence-corrected chi connectivity index (χ3v) is 2.69. The van der Waals surface area contributed by atoms with Crippen LogP contribution >= 0.6 is 0 Å². The topological polar surface area (TPSA) is 29.5 Å². The van der Waals surface area contributed by atoms with Crippen LogP contribution in [0.5, 0.6) is 0 Å². The molecule has 70 valence electrons. The fourth-order valence-electron chi connectivity index (χ4n) is 1.67. The van der Waals surface area contributed by atoms with Gasteiger partial charge in [-0.05, 0) is 12.5 Å². The van der Waals surface area contributed by atoms with Crippen molar-refractivity contribution >= 4 is 0 Å². The van der Waals surface area contributed by atoms with Crippen LogP contribution in [0.25, 0.3) is 0 Å². The van der Waals surface area contributed by atoms with Crippen molar-refractivity contribution in [3.63, 3.8) is 0 Å². The summed E-state index contributed by atoms with van der Waals surface area (Å²) in [5, 5.41) is 9.30. The molecule has 0 amide bonds. The summed E-state index contributed by atoms with van der Waals surface area (Å²) in [6.45, 7) is 3.53. The lowest BCUT2D eigenvalue weighted by Gasteiger charge is -2.40. The SMILES string of the molecule is Cc1cccc(C2(CO)COC2)c1. The van der Waals surface area contributed by atoms with Crippen LogP contribution in [0.4, 0.5) is 0 Å². The predicted octanol–water partition coefficient (Wildman–Crippen LogP) is 1.26. The Hall–Kier alpha value is -0.860. The molecule has 2 nitrogen and oxygen atoms in total. The summed E-state index contributed by atoms with van der Waals surface area (Å²) in [6.07, 6.45) is 0. The minimum absolute atomic E-state index is 0.119. The molecule has 0 spiro atoms. The lowest BCUT2D eigenvalue weighted by Crippen LogP contribution is -2.49. The Morgan fingerprint density at radius 1 is 1.46 bits per heavy atom. The molecule has 0 aromatic heterocycles. The standard InChI is InChI=1S/C11H14O2/c1-9-3-2-4-10(5-9)11(6-12)7-13-8-11/h2-5,12H,6-8H2,1H3. The fraction of sp³-hybridized carbons (Fsp3) is 0.455. The van der Waals surface area contributed by atoms with Crippen LogP contribution in [-0.2, 0) is 10.2 Å². The second-order valence-electron chi connectivity index (χ2n) is 3.80. The van der Waals surface area contributed by atoms with Crippen molar-refractivity contribution in [2.45, 2.75) is 12.3 Å². The van der Waals surface area contributed by atoms with E-state index in [1.807, 2.05) is 6.07 Å². The van der Waals surface area contributed by atoms with Gasteiger partial charge in [-0.15, -0.1) is 0 Å². The molecule has 1 saturated heterocycles. The Balaban J connectivity index is 2.33. The van der Waals surface area contributed by atoms with Crippen LogP contribution in [0, 0.1) is 6.92 Å². The monoisotopic (exact) mass is 178 g/mol. The molecule has 0 unspecified atom stereocenters. The number of aliphatic hydroxyl groups excluding tert-OH is 1. The molecule has 0 saturated carbocycles. The lowest BCUT2D eigenvalue weighted by molar-refractivity contribution is -0.0841. The predicted molar refractivity (Wildman–Crippen MR) is 50.8 cm³/mol. The second kappa shape index (κ2) is 3.13. The Kier molecular flexibility index (Phi) is 2.10. The van der Waals surface area contributed by atoms with Gasteiger partial charge in [0, 0.05) is 0 Å². The van der Waals surface area contributed by atoms with E-state index in [1.165, 1.54) is 11.1 Å². The number of aryl methyl sites for hydroxylation is 1. The molecule has 1 aromatic carbocycles. The van der Waals surface area contributed by atoms with Gasteiger partial charge in [0.05, 0.1) is 25.2 Å². The van der Waals surface area contributed by atoms with E-state index in [2.05, 4.69) is 25.1 Å². The van der Waals surface area contributed by atoms with Gasteiger partial charge in [0.1, 0.15) is 0 Å². The molecule has 2 heteroatoms. The Morgan fingerprint density at radius 3 is 2.69 bits per heavy atom. The van der Waals surface area contributed by atoms with Gasteiger partial charge >= 0.3 is 0 Å². The molecule has 1 N–H and O–H groups in total. The summed E-state index contributed by atoms with van der Waals surface area (Å²) in [6, 6.07) is 8.28. The molecule has 1 aliphatic rings. The second-order valence-corrected chi connectivity index (χ2v) is 3.80. The zero-order valence-corrected chi connectivity index (χ0v) is 7.79. The van der Waals surface area contributed by atoms with E-state index in [1.54, 1.807) is 0 Å². The van der Waals surface area contributed by atoms with Crippen molar-refractivity contribution in [2.75, 3.05) is 19.8 Å². The first-order valence-corrected chi connectivity index (χ1v) is 4.53. The minimum atomic E-state index is -0.119. The molecule has 1 fully saturated rings. The molecule has 0 aliphatic carbocycles. The maximum absolute atomic E-state index is 9.30. The van der Waals surface area contributed by atoms with Crippen LogP contribution in [0.3, 0.4) is 0 Å². The third-order valence-electron chi connectivity index (χ3n) is 2.69. The van der Waals surface area contributed by atoms with E-state index in [0.717, 1.165) is 0 Å². The van der Waals surface area contributed by atoms with E-state index < -0.39 is 0 Å². The number of ether oxygens (including phenoxy) is 1. The molecule has 0 radical (unpaired) electrons. The molecule has 1 heterocycles. The molecule has 1 aliphatic heterocycles. The van der Waals surface area contributed by atoms with Crippen LogP contribution in [0.2, 0.25) is 0 Å². The van der Waals surface area contributed by atoms with Crippen molar-refractivity contribution in [1.29, 1.82) is 0 Å². The number of benzene rings is 1. The number of aliphatic hydroxyl groups is 1. The summed E-state index contributed by atoms with van der Waals surface area (Å²) >= 11 is 0. The quantitative estimate of drug-likeness (QED) is 0.738. The first-order valence-electron chi connectivity index (χ1n) is 4.53. The highest BCUT2D eigenvalue weighted by Gasteiger charge is 2.39. The summed E-state index contributed by atoms with van der Waals surface area (Å²) in [5.74, 6) is 0. The highest BCUT2D eigenvalue weighted by atomic mass is 16.5. The van der Waals surface area contributed by atoms with Crippen molar-refractivity contribution in [2.24, 2.45) is 0 Å². The molecular formula is C11H14O2. The highest BCUT2D eigenvalue weighted by molar-refractivity contribution is 5.31. The van der Waals surface area contributed by atoms with Gasteiger partial charge in [-0.25, -0.2) is 0 Å². The van der Waals surface area contributed by atoms with Crippen LogP contribution in [0.1, 0.15) is 11.1 Å². The van der Waals surface area contributed by atoms with Gasteiger partial charge in [0.25, 0.3) is 0 Å². The number of rotatable bonds is 2. The summed E-state index contributed by atoms with van der Waals surface area (Å²) in [5.41, 5.74) is 2.31. The molecule has 13 heavy (non-hydrogen) atoms. The first kappa shape index (κ1) is 8.73. The van der Waals surface area contributed by atoms with E-state index in [9.17, 15) is 5.11 Å². The summed E-state index contributed by atoms with van der Waals surface area (Å²) in [7, 11) is 0. The fourth-order valence-corrected chi connectivity index (χ4v) is 1.67. The number of hydrogen-bond donors (Lipinski definition) is 1. The lowest BCUT2D eigenvalue weighted by atomic mass is 9.79. The van der Waals surface area contributed by atoms with Crippen LogP contribution in [0.15, 0.2) is 24.3 Å². The average molecular weight is 178 g/mol. The van der Waals surface area contributed by atoms with Gasteiger partial charge in [-0.1, -0.05) is 29.8 Å². The van der Waals surface area contributed by atoms with E-state index in [-0.39, 0.29) is 12.0 Å². The van der Waals surface area contributed by atoms with Gasteiger partial charge < -0.3 is 9.84 Å². The maximum Gasteiger partial charge on any atom is 0.0651 e. The zero-order chi connectivity index (χ0) is 9.31. The zero-order valence-electron chi connectivity index (χ0n) is 7.79. The average Bonchev–Trinajstić information content (AvgIpc) is 2.03. The molecular weight excluding hydrogens is 164 g/mol. The van der Waals surface area contributed by atoms with Gasteiger partial charge in [-0.2, -0.15) is 0 Å². The van der Waals surface area contributed by atoms with E-state index >= 15 is 0 Å². The van der Waals surface area contributed by atoms with Crippen molar-refractivity contribution in [1.82, 2.24) is 0 Å². The summed E-state index contributed by atoms with van der Waals surface area (Å²) < 4.78 is 5.16. The van der Waals surface area contributed by atoms with E-state index in [4.69, 9.17) is 4.74 Å². The Bertz CT molecular complexity index is 297. The Morgan fingerprint density at radius 2 is 2.23 bits per heavy atom. The Labute approximate surface area is 78.2 Å². The highest BCUT2D eigenvalue weighted by Crippen LogP contribution is 2.31. The third kappa shape index (κ3) is 1.36. The van der Waals surface area contributed by atoms with Crippen molar-refractivity contribution in [3.05, 3.63) is 35.4 Å². The molecule has 1 aromatic rings. The number of hydrogen-bond acceptors (Lipinski definition) is 2. The van der Waals surface area contributed by atoms with E-state index in [0.29, 0.717) is 13.2 Å². The summed E-state index contributed by atoms with van der Waals surface area (Å²) in [4.78, 5) is 0. The largest absolute Gasteiger partial charge is 0.395 e. The van der Waals surface area contributed by atoms with Gasteiger partial charge in [0.2, 0.25) is 0 Å². The molecule has 0 bridgehead atoms. The minimum Gasteiger partial charge on any atom is -0.395 e. The molecule has 2 rings (SSSR count). The van der Waals surface area contributed by atoms with Crippen LogP contribution < -0.4 is 0 Å². The maximum atomic E-state index is 9.30. The van der Waals surface area contributed by atoms with Crippen molar-refractivity contribution < 1.29 is 9.84 Å². The first-order chi connectivity index (χ1) is 6.27. The molecule has 0 atom stereocenters. The van der Waals surface area contributed by atoms with Crippen LogP contribution in [-0.4, -0.2) is 24.9 Å². The smallest absolute Gasteiger partial charge is 0.0651 e. The van der Waals surface area contributed by atoms with Crippen molar-refractivity contribution in [3.8, 4) is 0 Å². The normalized spacial score (nSPS) is 19.5. The van der Waals surface area contributed by atoms with Gasteiger partial charge in [-0.3, -0.25) is 0 Å².